The average molecular weight is 924 g/mol. The first-order chi connectivity index (χ1) is 30.8. The van der Waals surface area contributed by atoms with Crippen molar-refractivity contribution in [3.05, 3.63) is 60.8 Å². The lowest BCUT2D eigenvalue weighted by atomic mass is 10.0. The van der Waals surface area contributed by atoms with Crippen LogP contribution in [0.2, 0.25) is 0 Å². The minimum absolute atomic E-state index is 0.0855. The molecule has 0 aromatic heterocycles. The molecule has 0 aliphatic heterocycles. The molecule has 64 heavy (non-hydrogen) atoms. The monoisotopic (exact) mass is 924 g/mol. The van der Waals surface area contributed by atoms with E-state index in [2.05, 4.69) is 62.5 Å². The summed E-state index contributed by atoms with van der Waals surface area (Å²) in [4.78, 5) is 37.8. The van der Waals surface area contributed by atoms with Crippen LogP contribution in [0.1, 0.15) is 194 Å². The molecule has 12 heteroatoms. The first-order valence-electron chi connectivity index (χ1n) is 25.2. The van der Waals surface area contributed by atoms with Crippen molar-refractivity contribution in [2.24, 2.45) is 0 Å². The van der Waals surface area contributed by atoms with E-state index in [1.807, 2.05) is 33.3 Å². The largest absolute Gasteiger partial charge is 0.756 e. The van der Waals surface area contributed by atoms with E-state index in [0.29, 0.717) is 17.4 Å². The summed E-state index contributed by atoms with van der Waals surface area (Å²) < 4.78 is 33.8. The lowest BCUT2D eigenvalue weighted by Gasteiger charge is -2.28. The molecule has 0 aromatic rings. The van der Waals surface area contributed by atoms with Crippen molar-refractivity contribution in [1.29, 1.82) is 0 Å². The maximum Gasteiger partial charge on any atom is 0.306 e. The number of allylic oxidation sites excluding steroid dienone is 9. The van der Waals surface area contributed by atoms with Crippen LogP contribution in [-0.4, -0.2) is 92.5 Å². The summed E-state index contributed by atoms with van der Waals surface area (Å²) in [7, 11) is 0.983. The highest BCUT2D eigenvalue weighted by molar-refractivity contribution is 7.45. The van der Waals surface area contributed by atoms with Gasteiger partial charge in [0.15, 0.2) is 6.10 Å². The Hall–Kier alpha value is -2.37. The van der Waals surface area contributed by atoms with E-state index >= 15 is 0 Å². The summed E-state index contributed by atoms with van der Waals surface area (Å²) in [5.74, 6) is -1.12. The molecule has 372 valence electrons. The number of phosphoric ester groups is 1. The van der Waals surface area contributed by atoms with Crippen LogP contribution in [0.3, 0.4) is 0 Å². The number of quaternary nitrogens is 1. The molecular weight excluding hydrogens is 830 g/mol. The van der Waals surface area contributed by atoms with Gasteiger partial charge in [0.2, 0.25) is 0 Å². The molecule has 0 aliphatic carbocycles. The van der Waals surface area contributed by atoms with Crippen LogP contribution in [0, 0.1) is 0 Å². The Labute approximate surface area is 391 Å². The third kappa shape index (κ3) is 44.8. The molecule has 0 heterocycles. The number of hydrogen-bond acceptors (Lipinski definition) is 10. The van der Waals surface area contributed by atoms with Crippen molar-refractivity contribution in [2.75, 3.05) is 47.5 Å². The molecule has 0 saturated carbocycles. The van der Waals surface area contributed by atoms with Gasteiger partial charge in [-0.3, -0.25) is 14.2 Å². The normalized spacial score (nSPS) is 14.9. The van der Waals surface area contributed by atoms with Crippen molar-refractivity contribution in [3.8, 4) is 0 Å². The van der Waals surface area contributed by atoms with Gasteiger partial charge in [0.25, 0.3) is 7.82 Å². The summed E-state index contributed by atoms with van der Waals surface area (Å²) in [6, 6.07) is 0. The summed E-state index contributed by atoms with van der Waals surface area (Å²) in [5, 5.41) is 20.8. The van der Waals surface area contributed by atoms with Crippen LogP contribution in [0.25, 0.3) is 0 Å². The molecule has 11 nitrogen and oxygen atoms in total. The van der Waals surface area contributed by atoms with Crippen LogP contribution in [0.5, 0.6) is 0 Å². The highest BCUT2D eigenvalue weighted by atomic mass is 31.2. The SMILES string of the molecule is CC/C=C\C/C=C\C/C=C\C/C=C\C[C@@H](O)[C@H](O)CCCC(=O)O[C@H](COC(=O)CCCCCCCCCCCCC/C=C\CCCCCCCC)COP(=O)([O-])OCC[N+](C)(C)C. The number of rotatable bonds is 45. The van der Waals surface area contributed by atoms with Crippen molar-refractivity contribution in [3.63, 3.8) is 0 Å². The van der Waals surface area contributed by atoms with E-state index in [0.717, 1.165) is 44.9 Å². The van der Waals surface area contributed by atoms with Gasteiger partial charge >= 0.3 is 11.9 Å². The lowest BCUT2D eigenvalue weighted by Crippen LogP contribution is -2.37. The van der Waals surface area contributed by atoms with E-state index in [9.17, 15) is 29.3 Å². The molecule has 0 spiro atoms. The van der Waals surface area contributed by atoms with E-state index in [-0.39, 0.29) is 45.3 Å². The van der Waals surface area contributed by atoms with Gasteiger partial charge in [-0.25, -0.2) is 0 Å². The molecule has 0 aliphatic rings. The van der Waals surface area contributed by atoms with Gasteiger partial charge in [-0.05, 0) is 77.0 Å². The van der Waals surface area contributed by atoms with E-state index in [1.54, 1.807) is 0 Å². The Morgan fingerprint density at radius 2 is 1.06 bits per heavy atom. The van der Waals surface area contributed by atoms with E-state index < -0.39 is 44.7 Å². The van der Waals surface area contributed by atoms with Gasteiger partial charge in [-0.2, -0.15) is 0 Å². The Balaban J connectivity index is 4.46. The summed E-state index contributed by atoms with van der Waals surface area (Å²) in [6.45, 7) is 3.78. The van der Waals surface area contributed by atoms with Crippen molar-refractivity contribution in [2.45, 2.75) is 212 Å². The van der Waals surface area contributed by atoms with Crippen LogP contribution in [0.15, 0.2) is 60.8 Å². The van der Waals surface area contributed by atoms with Gasteiger partial charge in [0.05, 0.1) is 40.0 Å². The molecule has 0 bridgehead atoms. The quantitative estimate of drug-likeness (QED) is 0.0198. The van der Waals surface area contributed by atoms with Crippen molar-refractivity contribution >= 4 is 19.8 Å². The average Bonchev–Trinajstić information content (AvgIpc) is 3.24. The number of ether oxygens (including phenoxy) is 2. The van der Waals surface area contributed by atoms with Gasteiger partial charge in [-0.1, -0.05) is 164 Å². The molecule has 4 atom stereocenters. The fourth-order valence-corrected chi connectivity index (χ4v) is 7.41. The number of unbranched alkanes of at least 4 members (excludes halogenated alkanes) is 17. The van der Waals surface area contributed by atoms with Crippen LogP contribution in [0.4, 0.5) is 0 Å². The Morgan fingerprint density at radius 3 is 1.59 bits per heavy atom. The first kappa shape index (κ1) is 61.6. The number of nitrogens with zero attached hydrogens (tertiary/aromatic N) is 1. The summed E-state index contributed by atoms with van der Waals surface area (Å²) in [5.41, 5.74) is 0. The number of aliphatic hydroxyl groups is 2. The van der Waals surface area contributed by atoms with Crippen molar-refractivity contribution in [1.82, 2.24) is 0 Å². The molecule has 0 aromatic carbocycles. The number of aliphatic hydroxyl groups excluding tert-OH is 2. The minimum atomic E-state index is -4.71. The van der Waals surface area contributed by atoms with Gasteiger partial charge in [-0.15, -0.1) is 0 Å². The van der Waals surface area contributed by atoms with E-state index in [1.165, 1.54) is 96.3 Å². The second-order valence-electron chi connectivity index (χ2n) is 18.1. The molecular formula is C52H94NO10P. The lowest BCUT2D eigenvalue weighted by molar-refractivity contribution is -0.870. The highest BCUT2D eigenvalue weighted by Crippen LogP contribution is 2.38. The smallest absolute Gasteiger partial charge is 0.306 e. The predicted molar refractivity (Wildman–Crippen MR) is 262 cm³/mol. The highest BCUT2D eigenvalue weighted by Gasteiger charge is 2.22. The van der Waals surface area contributed by atoms with Crippen molar-refractivity contribution < 1.29 is 52.3 Å². The molecule has 0 rings (SSSR count). The number of carbonyl (C=O) groups excluding carboxylic acids is 2. The zero-order chi connectivity index (χ0) is 47.4. The van der Waals surface area contributed by atoms with Crippen LogP contribution < -0.4 is 4.89 Å². The third-order valence-electron chi connectivity index (χ3n) is 10.7. The topological polar surface area (TPSA) is 152 Å². The molecule has 0 fully saturated rings. The number of hydrogen-bond donors (Lipinski definition) is 2. The Kier molecular flexibility index (Phi) is 41.6. The number of phosphoric acid groups is 1. The molecule has 0 amide bonds. The second-order valence-corrected chi connectivity index (χ2v) is 19.5. The van der Waals surface area contributed by atoms with Gasteiger partial charge < -0.3 is 38.1 Å². The minimum Gasteiger partial charge on any atom is -0.756 e. The summed E-state index contributed by atoms with van der Waals surface area (Å²) >= 11 is 0. The first-order valence-corrected chi connectivity index (χ1v) is 26.6. The zero-order valence-electron chi connectivity index (χ0n) is 41.2. The predicted octanol–water partition coefficient (Wildman–Crippen LogP) is 12.1. The standard InChI is InChI=1S/C52H94NO10P/c1-6-8-10-12-14-16-18-20-21-22-23-24-25-26-27-28-30-32-34-36-38-42-51(56)60-46-48(47-62-64(58,59)61-45-44-53(3,4)5)63-52(57)43-39-41-50(55)49(54)40-37-35-33-31-29-19-17-15-13-11-9-7-2/h9,11,15,17,20-21,29,31,35,37,48-50,54-55H,6-8,10,12-14,16,18-19,22-28,30,32-34,36,38-47H2,1-5H3/b11-9-,17-15-,21-20-,31-29-,37-35-/t48-,49-,50-/m1/s1. The summed E-state index contributed by atoms with van der Waals surface area (Å²) in [6.07, 6.45) is 45.6. The molecule has 1 unspecified atom stereocenters. The number of likely N-dealkylation sites (N-methyl/N-ethyl adjacent to an activating group) is 1. The Morgan fingerprint density at radius 1 is 0.578 bits per heavy atom. The molecule has 0 radical (unpaired) electrons. The third-order valence-corrected chi connectivity index (χ3v) is 11.7. The zero-order valence-corrected chi connectivity index (χ0v) is 42.1. The number of esters is 2. The van der Waals surface area contributed by atoms with Gasteiger partial charge in [0, 0.05) is 12.8 Å². The fraction of sp³-hybridized carbons (Fsp3) is 0.769. The molecule has 2 N–H and O–H groups in total. The maximum atomic E-state index is 12.8. The fourth-order valence-electron chi connectivity index (χ4n) is 6.68. The van der Waals surface area contributed by atoms with Crippen LogP contribution >= 0.6 is 7.82 Å². The molecule has 0 saturated heterocycles. The maximum absolute atomic E-state index is 12.8. The van der Waals surface area contributed by atoms with E-state index in [4.69, 9.17) is 18.5 Å². The second kappa shape index (κ2) is 43.2. The Bertz CT molecular complexity index is 1310. The number of carbonyl (C=O) groups is 2. The van der Waals surface area contributed by atoms with Gasteiger partial charge in [0.1, 0.15) is 19.8 Å². The van der Waals surface area contributed by atoms with Crippen LogP contribution in [-0.2, 0) is 32.7 Å².